The number of carbonyl (C=O) groups is 2. The average molecular weight is 340 g/mol. The summed E-state index contributed by atoms with van der Waals surface area (Å²) in [6.45, 7) is 0.615. The maximum absolute atomic E-state index is 12.3. The molecule has 3 amide bonds. The minimum Gasteiger partial charge on any atom is -0.347 e. The number of urea groups is 1. The van der Waals surface area contributed by atoms with Gasteiger partial charge in [0.25, 0.3) is 0 Å². The first-order chi connectivity index (χ1) is 9.49. The Balaban J connectivity index is 2.06. The fourth-order valence-corrected chi connectivity index (χ4v) is 2.73. The summed E-state index contributed by atoms with van der Waals surface area (Å²) in [5.74, 6) is -0.0214. The van der Waals surface area contributed by atoms with E-state index >= 15 is 0 Å². The van der Waals surface area contributed by atoms with Gasteiger partial charge < -0.3 is 15.1 Å². The Morgan fingerprint density at radius 1 is 1.40 bits per heavy atom. The van der Waals surface area contributed by atoms with Crippen LogP contribution in [-0.2, 0) is 4.79 Å². The third kappa shape index (κ3) is 3.30. The number of nitrogens with one attached hydrogen (secondary N) is 1. The minimum absolute atomic E-state index is 0.0214. The predicted molar refractivity (Wildman–Crippen MR) is 81.6 cm³/mol. The molecule has 5 nitrogen and oxygen atoms in total. The Kier molecular flexibility index (Phi) is 4.65. The normalized spacial score (nSPS) is 17.9. The summed E-state index contributed by atoms with van der Waals surface area (Å²) in [7, 11) is 3.43. The number of anilines is 1. The number of amides is 3. The molecule has 0 aromatic heterocycles. The zero-order valence-corrected chi connectivity index (χ0v) is 13.2. The monoisotopic (exact) mass is 339 g/mol. The van der Waals surface area contributed by atoms with Crippen LogP contribution in [0.15, 0.2) is 28.7 Å². The number of benzene rings is 1. The molecule has 1 fully saturated rings. The van der Waals surface area contributed by atoms with Crippen molar-refractivity contribution in [1.29, 1.82) is 0 Å². The van der Waals surface area contributed by atoms with Crippen molar-refractivity contribution in [2.45, 2.75) is 18.9 Å². The van der Waals surface area contributed by atoms with E-state index in [2.05, 4.69) is 21.2 Å². The van der Waals surface area contributed by atoms with E-state index in [9.17, 15) is 9.59 Å². The van der Waals surface area contributed by atoms with E-state index in [0.29, 0.717) is 12.2 Å². The first-order valence-electron chi connectivity index (χ1n) is 6.53. The zero-order valence-electron chi connectivity index (χ0n) is 11.6. The molecular formula is C14H18BrN3O2. The third-order valence-corrected chi connectivity index (χ3v) is 3.81. The molecule has 6 heteroatoms. The van der Waals surface area contributed by atoms with Crippen molar-refractivity contribution in [2.75, 3.05) is 26.0 Å². The van der Waals surface area contributed by atoms with Gasteiger partial charge in [-0.2, -0.15) is 0 Å². The minimum atomic E-state index is -0.350. The first-order valence-corrected chi connectivity index (χ1v) is 7.32. The molecule has 2 rings (SSSR count). The van der Waals surface area contributed by atoms with Crippen LogP contribution >= 0.6 is 15.9 Å². The highest BCUT2D eigenvalue weighted by molar-refractivity contribution is 9.10. The van der Waals surface area contributed by atoms with Gasteiger partial charge in [0.2, 0.25) is 5.91 Å². The lowest BCUT2D eigenvalue weighted by Crippen LogP contribution is -2.47. The molecule has 1 saturated heterocycles. The molecule has 1 heterocycles. The Morgan fingerprint density at radius 2 is 2.15 bits per heavy atom. The lowest BCUT2D eigenvalue weighted by Gasteiger charge is -2.26. The molecule has 20 heavy (non-hydrogen) atoms. The van der Waals surface area contributed by atoms with E-state index in [4.69, 9.17) is 0 Å². The Bertz CT molecular complexity index is 519. The second kappa shape index (κ2) is 6.26. The number of hydrogen-bond acceptors (Lipinski definition) is 2. The van der Waals surface area contributed by atoms with E-state index < -0.39 is 0 Å². The van der Waals surface area contributed by atoms with Gasteiger partial charge in [0.05, 0.1) is 0 Å². The van der Waals surface area contributed by atoms with Crippen molar-refractivity contribution in [3.63, 3.8) is 0 Å². The molecule has 1 aliphatic heterocycles. The van der Waals surface area contributed by atoms with Gasteiger partial charge in [0, 0.05) is 30.8 Å². The number of hydrogen-bond donors (Lipinski definition) is 1. The summed E-state index contributed by atoms with van der Waals surface area (Å²) in [4.78, 5) is 27.5. The summed E-state index contributed by atoms with van der Waals surface area (Å²) in [6.07, 6.45) is 1.58. The van der Waals surface area contributed by atoms with Gasteiger partial charge in [-0.15, -0.1) is 0 Å². The highest BCUT2D eigenvalue weighted by Crippen LogP contribution is 2.21. The largest absolute Gasteiger partial charge is 0.347 e. The van der Waals surface area contributed by atoms with Gasteiger partial charge in [-0.25, -0.2) is 4.79 Å². The van der Waals surface area contributed by atoms with Crippen LogP contribution in [0.25, 0.3) is 0 Å². The van der Waals surface area contributed by atoms with Crippen molar-refractivity contribution in [2.24, 2.45) is 0 Å². The molecule has 0 saturated carbocycles. The van der Waals surface area contributed by atoms with Gasteiger partial charge in [0.1, 0.15) is 6.04 Å². The molecule has 0 unspecified atom stereocenters. The van der Waals surface area contributed by atoms with Crippen LogP contribution in [0, 0.1) is 0 Å². The number of likely N-dealkylation sites (N-methyl/N-ethyl adjacent to an activating group) is 1. The maximum atomic E-state index is 12.3. The lowest BCUT2D eigenvalue weighted by atomic mass is 10.2. The Morgan fingerprint density at radius 3 is 2.80 bits per heavy atom. The molecule has 1 aromatic carbocycles. The van der Waals surface area contributed by atoms with Crippen LogP contribution < -0.4 is 5.32 Å². The summed E-state index contributed by atoms with van der Waals surface area (Å²) in [6, 6.07) is 6.83. The number of nitrogens with zero attached hydrogens (tertiary/aromatic N) is 2. The lowest BCUT2D eigenvalue weighted by molar-refractivity contribution is -0.132. The smallest absolute Gasteiger partial charge is 0.322 e. The van der Waals surface area contributed by atoms with Crippen molar-refractivity contribution < 1.29 is 9.59 Å². The molecule has 1 aliphatic rings. The highest BCUT2D eigenvalue weighted by atomic mass is 79.9. The van der Waals surface area contributed by atoms with Crippen molar-refractivity contribution in [1.82, 2.24) is 9.80 Å². The molecule has 1 N–H and O–H groups in total. The summed E-state index contributed by atoms with van der Waals surface area (Å²) in [5.41, 5.74) is 0.715. The molecule has 108 valence electrons. The molecular weight excluding hydrogens is 322 g/mol. The zero-order chi connectivity index (χ0) is 14.7. The van der Waals surface area contributed by atoms with E-state index in [1.807, 2.05) is 24.3 Å². The Labute approximate surface area is 127 Å². The van der Waals surface area contributed by atoms with E-state index in [-0.39, 0.29) is 18.0 Å². The summed E-state index contributed by atoms with van der Waals surface area (Å²) < 4.78 is 0.901. The van der Waals surface area contributed by atoms with Crippen LogP contribution in [0.3, 0.4) is 0 Å². The van der Waals surface area contributed by atoms with Crippen LogP contribution in [0.5, 0.6) is 0 Å². The van der Waals surface area contributed by atoms with E-state index in [1.165, 1.54) is 4.90 Å². The molecule has 1 aromatic rings. The van der Waals surface area contributed by atoms with Gasteiger partial charge in [-0.3, -0.25) is 4.79 Å². The third-order valence-electron chi connectivity index (χ3n) is 3.32. The molecule has 1 atom stereocenters. The van der Waals surface area contributed by atoms with Crippen molar-refractivity contribution in [3.05, 3.63) is 28.7 Å². The van der Waals surface area contributed by atoms with Gasteiger partial charge >= 0.3 is 6.03 Å². The van der Waals surface area contributed by atoms with Crippen molar-refractivity contribution >= 4 is 33.6 Å². The number of halogens is 1. The van der Waals surface area contributed by atoms with Crippen LogP contribution in [0.1, 0.15) is 12.8 Å². The number of carbonyl (C=O) groups excluding carboxylic acids is 2. The topological polar surface area (TPSA) is 52.7 Å². The standard InChI is InChI=1S/C14H18BrN3O2/c1-17(2)13(19)12-7-4-8-18(12)14(20)16-11-6-3-5-10(15)9-11/h3,5-6,9,12H,4,7-8H2,1-2H3,(H,16,20)/t12-/m0/s1. The Hall–Kier alpha value is -1.56. The average Bonchev–Trinajstić information content (AvgIpc) is 2.86. The number of likely N-dealkylation sites (tertiary alicyclic amines) is 1. The quantitative estimate of drug-likeness (QED) is 0.900. The predicted octanol–water partition coefficient (Wildman–Crippen LogP) is 2.53. The van der Waals surface area contributed by atoms with E-state index in [1.54, 1.807) is 19.0 Å². The van der Waals surface area contributed by atoms with Gasteiger partial charge in [-0.1, -0.05) is 22.0 Å². The van der Waals surface area contributed by atoms with Gasteiger partial charge in [0.15, 0.2) is 0 Å². The van der Waals surface area contributed by atoms with E-state index in [0.717, 1.165) is 17.3 Å². The summed E-state index contributed by atoms with van der Waals surface area (Å²) >= 11 is 3.36. The molecule has 0 spiro atoms. The maximum Gasteiger partial charge on any atom is 0.322 e. The second-order valence-electron chi connectivity index (χ2n) is 5.02. The van der Waals surface area contributed by atoms with Gasteiger partial charge in [-0.05, 0) is 31.0 Å². The fourth-order valence-electron chi connectivity index (χ4n) is 2.33. The second-order valence-corrected chi connectivity index (χ2v) is 5.94. The molecule has 0 aliphatic carbocycles. The SMILES string of the molecule is CN(C)C(=O)[C@@H]1CCCN1C(=O)Nc1cccc(Br)c1. The first kappa shape index (κ1) is 14.8. The van der Waals surface area contributed by atoms with Crippen LogP contribution in [-0.4, -0.2) is 48.4 Å². The highest BCUT2D eigenvalue weighted by Gasteiger charge is 2.34. The fraction of sp³-hybridized carbons (Fsp3) is 0.429. The summed E-state index contributed by atoms with van der Waals surface area (Å²) in [5, 5.41) is 2.83. The van der Waals surface area contributed by atoms with Crippen LogP contribution in [0.4, 0.5) is 10.5 Å². The molecule has 0 bridgehead atoms. The molecule has 0 radical (unpaired) electrons. The number of rotatable bonds is 2. The van der Waals surface area contributed by atoms with Crippen LogP contribution in [0.2, 0.25) is 0 Å². The van der Waals surface area contributed by atoms with Crippen molar-refractivity contribution in [3.8, 4) is 0 Å².